The second kappa shape index (κ2) is 14.8. The van der Waals surface area contributed by atoms with Crippen LogP contribution in [-0.2, 0) is 27.2 Å². The van der Waals surface area contributed by atoms with E-state index in [1.165, 1.54) is 0 Å². The Morgan fingerprint density at radius 3 is 1.94 bits per heavy atom. The zero-order chi connectivity index (χ0) is 25.6. The first-order chi connectivity index (χ1) is 16.8. The normalized spacial score (nSPS) is 13.2. The second-order valence-corrected chi connectivity index (χ2v) is 8.57. The Balaban J connectivity index is 2.10. The molecule has 0 saturated carbocycles. The molecule has 0 fully saturated rings. The molecule has 0 heterocycles. The van der Waals surface area contributed by atoms with Crippen molar-refractivity contribution in [3.05, 3.63) is 84.2 Å². The summed E-state index contributed by atoms with van der Waals surface area (Å²) in [6.45, 7) is 4.06. The number of amides is 2. The maximum absolute atomic E-state index is 13.2. The summed E-state index contributed by atoms with van der Waals surface area (Å²) < 4.78 is 0. The van der Waals surface area contributed by atoms with Gasteiger partial charge in [0.15, 0.2) is 5.78 Å². The highest BCUT2D eigenvalue weighted by Crippen LogP contribution is 2.08. The fourth-order valence-electron chi connectivity index (χ4n) is 3.53. The number of hydrogen-bond acceptors (Lipinski definition) is 6. The van der Waals surface area contributed by atoms with Gasteiger partial charge in [-0.25, -0.2) is 0 Å². The minimum atomic E-state index is -0.917. The predicted molar refractivity (Wildman–Crippen MR) is 138 cm³/mol. The third kappa shape index (κ3) is 10.2. The van der Waals surface area contributed by atoms with Gasteiger partial charge in [-0.15, -0.1) is 11.6 Å². The molecule has 0 aliphatic rings. The Bertz CT molecular complexity index is 971. The summed E-state index contributed by atoms with van der Waals surface area (Å²) in [6.07, 6.45) is 1.49. The van der Waals surface area contributed by atoms with Gasteiger partial charge in [0.05, 0.1) is 23.8 Å². The highest BCUT2D eigenvalue weighted by molar-refractivity contribution is 6.28. The number of rotatable bonds is 15. The zero-order valence-electron chi connectivity index (χ0n) is 19.7. The van der Waals surface area contributed by atoms with Crippen molar-refractivity contribution in [3.8, 4) is 0 Å². The van der Waals surface area contributed by atoms with E-state index in [0.29, 0.717) is 31.6 Å². The Kier molecular flexibility index (Phi) is 11.8. The maximum Gasteiger partial charge on any atom is 0.243 e. The van der Waals surface area contributed by atoms with E-state index in [9.17, 15) is 14.4 Å². The SMILES string of the molecule is C=C(N)NCCC[C@H](NC(=O)[C@H](Cc1ccccc1)NC(=O)[C@H](N)Cc1ccccc1)C(=O)CCl. The van der Waals surface area contributed by atoms with Crippen molar-refractivity contribution < 1.29 is 14.4 Å². The minimum Gasteiger partial charge on any atom is -0.386 e. The molecule has 188 valence electrons. The van der Waals surface area contributed by atoms with Crippen LogP contribution in [0.1, 0.15) is 24.0 Å². The molecule has 2 amide bonds. The molecule has 0 unspecified atom stereocenters. The van der Waals surface area contributed by atoms with E-state index in [-0.39, 0.29) is 18.1 Å². The average molecular weight is 500 g/mol. The van der Waals surface area contributed by atoms with Gasteiger partial charge in [-0.2, -0.15) is 0 Å². The van der Waals surface area contributed by atoms with Gasteiger partial charge in [-0.05, 0) is 30.4 Å². The predicted octanol–water partition coefficient (Wildman–Crippen LogP) is 1.38. The van der Waals surface area contributed by atoms with Crippen LogP contribution in [0.25, 0.3) is 0 Å². The van der Waals surface area contributed by atoms with Crippen LogP contribution < -0.4 is 27.4 Å². The Morgan fingerprint density at radius 1 is 0.857 bits per heavy atom. The van der Waals surface area contributed by atoms with Crippen LogP contribution in [0.2, 0.25) is 0 Å². The van der Waals surface area contributed by atoms with Crippen LogP contribution in [0, 0.1) is 0 Å². The molecule has 0 bridgehead atoms. The van der Waals surface area contributed by atoms with Crippen LogP contribution in [0.3, 0.4) is 0 Å². The Labute approximate surface area is 211 Å². The number of alkyl halides is 1. The number of carbonyl (C=O) groups is 3. The van der Waals surface area contributed by atoms with Gasteiger partial charge < -0.3 is 27.4 Å². The summed E-state index contributed by atoms with van der Waals surface area (Å²) in [6, 6.07) is 16.2. The van der Waals surface area contributed by atoms with Crippen molar-refractivity contribution in [2.75, 3.05) is 12.4 Å². The van der Waals surface area contributed by atoms with Gasteiger partial charge >= 0.3 is 0 Å². The second-order valence-electron chi connectivity index (χ2n) is 8.30. The lowest BCUT2D eigenvalue weighted by Gasteiger charge is -2.24. The molecule has 2 rings (SSSR count). The summed E-state index contributed by atoms with van der Waals surface area (Å²) >= 11 is 5.77. The van der Waals surface area contributed by atoms with Crippen molar-refractivity contribution in [2.24, 2.45) is 11.5 Å². The van der Waals surface area contributed by atoms with E-state index >= 15 is 0 Å². The average Bonchev–Trinajstić information content (AvgIpc) is 2.85. The summed E-state index contributed by atoms with van der Waals surface area (Å²) in [4.78, 5) is 38.5. The van der Waals surface area contributed by atoms with Crippen LogP contribution in [0.4, 0.5) is 0 Å². The molecule has 35 heavy (non-hydrogen) atoms. The summed E-state index contributed by atoms with van der Waals surface area (Å²) in [5.41, 5.74) is 13.4. The molecular weight excluding hydrogens is 466 g/mol. The van der Waals surface area contributed by atoms with Crippen molar-refractivity contribution in [1.29, 1.82) is 0 Å². The van der Waals surface area contributed by atoms with Gasteiger partial charge in [0.2, 0.25) is 11.8 Å². The quantitative estimate of drug-likeness (QED) is 0.185. The smallest absolute Gasteiger partial charge is 0.243 e. The molecule has 0 radical (unpaired) electrons. The van der Waals surface area contributed by atoms with Crippen LogP contribution >= 0.6 is 11.6 Å². The molecule has 9 heteroatoms. The van der Waals surface area contributed by atoms with Gasteiger partial charge in [-0.3, -0.25) is 14.4 Å². The standard InChI is InChI=1S/C26H34ClN5O3/c1-18(28)30-14-8-13-22(24(33)17-27)31-26(35)23(16-20-11-6-3-7-12-20)32-25(34)21(29)15-19-9-4-2-5-10-19/h2-7,9-12,21-23,30H,1,8,13-17,28-29H2,(H,31,35)(H,32,34)/t21-,22+,23+/m1/s1. The lowest BCUT2D eigenvalue weighted by Crippen LogP contribution is -2.55. The molecule has 8 nitrogen and oxygen atoms in total. The topological polar surface area (TPSA) is 139 Å². The number of nitrogens with two attached hydrogens (primary N) is 2. The Morgan fingerprint density at radius 2 is 1.40 bits per heavy atom. The summed E-state index contributed by atoms with van der Waals surface area (Å²) in [5.74, 6) is -1.15. The number of nitrogens with one attached hydrogen (secondary N) is 3. The number of benzene rings is 2. The lowest BCUT2D eigenvalue weighted by molar-refractivity contribution is -0.131. The van der Waals surface area contributed by atoms with Crippen LogP contribution in [0.15, 0.2) is 73.1 Å². The first-order valence-corrected chi connectivity index (χ1v) is 12.0. The van der Waals surface area contributed by atoms with Crippen molar-refractivity contribution in [2.45, 2.75) is 43.8 Å². The van der Waals surface area contributed by atoms with Gasteiger partial charge in [0, 0.05) is 13.0 Å². The van der Waals surface area contributed by atoms with Crippen LogP contribution in [0.5, 0.6) is 0 Å². The molecule has 2 aromatic rings. The number of hydrogen-bond donors (Lipinski definition) is 5. The first-order valence-electron chi connectivity index (χ1n) is 11.5. The molecule has 2 aromatic carbocycles. The van der Waals surface area contributed by atoms with Gasteiger partial charge in [0.25, 0.3) is 0 Å². The third-order valence-corrected chi connectivity index (χ3v) is 5.67. The van der Waals surface area contributed by atoms with E-state index in [0.717, 1.165) is 11.1 Å². The fourth-order valence-corrected chi connectivity index (χ4v) is 3.72. The summed E-state index contributed by atoms with van der Waals surface area (Å²) in [5, 5.41) is 8.41. The van der Waals surface area contributed by atoms with E-state index in [1.54, 1.807) is 0 Å². The molecule has 0 saturated heterocycles. The Hall–Kier alpha value is -3.36. The summed E-state index contributed by atoms with van der Waals surface area (Å²) in [7, 11) is 0. The van der Waals surface area contributed by atoms with Crippen molar-refractivity contribution in [3.63, 3.8) is 0 Å². The first kappa shape index (κ1) is 27.9. The highest BCUT2D eigenvalue weighted by Gasteiger charge is 2.28. The van der Waals surface area contributed by atoms with Crippen molar-refractivity contribution in [1.82, 2.24) is 16.0 Å². The lowest BCUT2D eigenvalue weighted by atomic mass is 10.0. The monoisotopic (exact) mass is 499 g/mol. The number of halogens is 1. The third-order valence-electron chi connectivity index (χ3n) is 5.41. The fraction of sp³-hybridized carbons (Fsp3) is 0.346. The van der Waals surface area contributed by atoms with E-state index < -0.39 is 29.9 Å². The van der Waals surface area contributed by atoms with Crippen molar-refractivity contribution >= 4 is 29.2 Å². The molecule has 0 aliphatic carbocycles. The number of Topliss-reactive ketones (excluding diaryl/α,β-unsaturated/α-hetero) is 1. The van der Waals surface area contributed by atoms with Gasteiger partial charge in [0.1, 0.15) is 6.04 Å². The minimum absolute atomic E-state index is 0.236. The maximum atomic E-state index is 13.2. The highest BCUT2D eigenvalue weighted by atomic mass is 35.5. The zero-order valence-corrected chi connectivity index (χ0v) is 20.5. The number of ketones is 1. The molecule has 7 N–H and O–H groups in total. The molecule has 0 aromatic heterocycles. The molecular formula is C26H34ClN5O3. The number of carbonyl (C=O) groups excluding carboxylic acids is 3. The van der Waals surface area contributed by atoms with Gasteiger partial charge in [-0.1, -0.05) is 67.2 Å². The molecule has 0 aliphatic heterocycles. The molecule has 3 atom stereocenters. The van der Waals surface area contributed by atoms with Crippen LogP contribution in [-0.4, -0.2) is 48.1 Å². The van der Waals surface area contributed by atoms with E-state index in [1.807, 2.05) is 60.7 Å². The largest absolute Gasteiger partial charge is 0.386 e. The van der Waals surface area contributed by atoms with E-state index in [2.05, 4.69) is 22.5 Å². The van der Waals surface area contributed by atoms with E-state index in [4.69, 9.17) is 23.1 Å². The molecule has 0 spiro atoms.